The molecule has 0 saturated heterocycles. The van der Waals surface area contributed by atoms with Gasteiger partial charge in [-0.25, -0.2) is 8.78 Å². The average Bonchev–Trinajstić information content (AvgIpc) is 3.01. The van der Waals surface area contributed by atoms with Crippen LogP contribution < -0.4 is 10.6 Å². The Hall–Kier alpha value is -3.07. The van der Waals surface area contributed by atoms with Crippen molar-refractivity contribution in [2.24, 2.45) is 5.73 Å². The molecule has 1 aromatic carbocycles. The fraction of sp³-hybridized carbons (Fsp3) is 0.458. The maximum absolute atomic E-state index is 13.9. The van der Waals surface area contributed by atoms with E-state index in [1.807, 2.05) is 0 Å². The van der Waals surface area contributed by atoms with Crippen LogP contribution in [0.15, 0.2) is 18.2 Å². The molecule has 3 rings (SSSR count). The lowest BCUT2D eigenvalue weighted by Crippen LogP contribution is -2.47. The number of benzene rings is 1. The van der Waals surface area contributed by atoms with Gasteiger partial charge in [-0.1, -0.05) is 0 Å². The number of Topliss-reactive ketones (excluding diaryl/α,β-unsaturated/α-hetero) is 1. The van der Waals surface area contributed by atoms with E-state index in [9.17, 15) is 28.3 Å². The number of hydrogen-bond donors (Lipinski definition) is 2. The highest BCUT2D eigenvalue weighted by Gasteiger charge is 2.36. The first-order chi connectivity index (χ1) is 15.6. The number of rotatable bonds is 7. The van der Waals surface area contributed by atoms with Crippen LogP contribution in [0.25, 0.3) is 0 Å². The van der Waals surface area contributed by atoms with Gasteiger partial charge in [0, 0.05) is 17.4 Å². The number of aliphatic hydroxyl groups excluding tert-OH is 1. The van der Waals surface area contributed by atoms with E-state index in [2.05, 4.69) is 0 Å². The number of anilines is 1. The Kier molecular flexibility index (Phi) is 7.31. The molecule has 1 heterocycles. The maximum atomic E-state index is 13.9. The quantitative estimate of drug-likeness (QED) is 0.488. The predicted molar refractivity (Wildman–Crippen MR) is 120 cm³/mol. The third-order valence-electron chi connectivity index (χ3n) is 6.40. The molecule has 33 heavy (non-hydrogen) atoms. The molecule has 3 N–H and O–H groups in total. The third-order valence-corrected chi connectivity index (χ3v) is 6.40. The van der Waals surface area contributed by atoms with E-state index < -0.39 is 36.2 Å². The van der Waals surface area contributed by atoms with Crippen LogP contribution in [0.5, 0.6) is 0 Å². The number of nitrogens with zero attached hydrogens (tertiary/aromatic N) is 2. The summed E-state index contributed by atoms with van der Waals surface area (Å²) in [5, 5.41) is 9.90. The number of alkyl halides is 1. The van der Waals surface area contributed by atoms with Crippen LogP contribution in [0.1, 0.15) is 63.4 Å². The zero-order chi connectivity index (χ0) is 24.4. The van der Waals surface area contributed by atoms with Crippen molar-refractivity contribution in [1.29, 1.82) is 0 Å². The van der Waals surface area contributed by atoms with E-state index in [-0.39, 0.29) is 29.4 Å². The number of nitrogens with two attached hydrogens (primary N) is 1. The molecule has 0 atom stereocenters. The van der Waals surface area contributed by atoms with Crippen LogP contribution in [0.3, 0.4) is 0 Å². The molecule has 9 heteroatoms. The van der Waals surface area contributed by atoms with Gasteiger partial charge in [-0.2, -0.15) is 0 Å². The summed E-state index contributed by atoms with van der Waals surface area (Å²) in [6, 6.07) is 3.79. The molecule has 1 aliphatic carbocycles. The molecule has 7 nitrogen and oxygen atoms in total. The summed E-state index contributed by atoms with van der Waals surface area (Å²) in [6.45, 7) is 3.61. The van der Waals surface area contributed by atoms with Gasteiger partial charge in [-0.05, 0) is 75.8 Å². The predicted octanol–water partition coefficient (Wildman–Crippen LogP) is 3.14. The molecule has 2 aromatic rings. The molecule has 2 amide bonds. The van der Waals surface area contributed by atoms with Gasteiger partial charge in [-0.15, -0.1) is 0 Å². The highest BCUT2D eigenvalue weighted by Crippen LogP contribution is 2.31. The summed E-state index contributed by atoms with van der Waals surface area (Å²) < 4.78 is 28.5. The fourth-order valence-corrected chi connectivity index (χ4v) is 4.71. The molecule has 0 bridgehead atoms. The van der Waals surface area contributed by atoms with Gasteiger partial charge in [0.1, 0.15) is 12.5 Å². The van der Waals surface area contributed by atoms with Crippen molar-refractivity contribution >= 4 is 23.3 Å². The number of amides is 2. The summed E-state index contributed by atoms with van der Waals surface area (Å²) >= 11 is 0. The Labute approximate surface area is 191 Å². The molecular formula is C24H29F2N3O4. The number of primary amides is 1. The Balaban J connectivity index is 2.10. The average molecular weight is 462 g/mol. The zero-order valence-electron chi connectivity index (χ0n) is 19.0. The van der Waals surface area contributed by atoms with Crippen LogP contribution >= 0.6 is 0 Å². The van der Waals surface area contributed by atoms with Gasteiger partial charge in [0.05, 0.1) is 23.9 Å². The lowest BCUT2D eigenvalue weighted by Gasteiger charge is -2.35. The SMILES string of the molecule is Cc1cc(N(C(=O)C(=O)c2c(C)c(C(N)=O)c(C)n2CCF)C2CCC(O)CC2)ccc1F. The smallest absolute Gasteiger partial charge is 0.301 e. The Bertz CT molecular complexity index is 1090. The monoisotopic (exact) mass is 461 g/mol. The number of carbonyl (C=O) groups is 3. The first-order valence-electron chi connectivity index (χ1n) is 11.0. The van der Waals surface area contributed by atoms with Gasteiger partial charge >= 0.3 is 5.91 Å². The standard InChI is InChI=1S/C24H29F2N3O4/c1-13-12-17(6-9-19(13)26)29(16-4-7-18(30)8-5-16)24(33)22(31)21-14(2)20(23(27)32)15(3)28(21)11-10-25/h6,9,12,16,18,30H,4-5,7-8,10-11H2,1-3H3,(H2,27,32). The summed E-state index contributed by atoms with van der Waals surface area (Å²) in [5.74, 6) is -2.97. The molecule has 178 valence electrons. The van der Waals surface area contributed by atoms with Crippen molar-refractivity contribution < 1.29 is 28.3 Å². The van der Waals surface area contributed by atoms with Crippen molar-refractivity contribution in [3.8, 4) is 0 Å². The summed E-state index contributed by atoms with van der Waals surface area (Å²) in [6.07, 6.45) is 1.38. The molecule has 0 aliphatic heterocycles. The second-order valence-corrected chi connectivity index (χ2v) is 8.54. The summed E-state index contributed by atoms with van der Waals surface area (Å²) in [7, 11) is 0. The Morgan fingerprint density at radius 1 is 1.15 bits per heavy atom. The van der Waals surface area contributed by atoms with Crippen molar-refractivity contribution in [2.75, 3.05) is 11.6 Å². The van der Waals surface area contributed by atoms with Crippen LogP contribution in [0, 0.1) is 26.6 Å². The van der Waals surface area contributed by atoms with Crippen molar-refractivity contribution in [3.63, 3.8) is 0 Å². The molecule has 1 fully saturated rings. The van der Waals surface area contributed by atoms with Gasteiger partial charge in [0.25, 0.3) is 11.7 Å². The van der Waals surface area contributed by atoms with E-state index in [0.29, 0.717) is 42.6 Å². The van der Waals surface area contributed by atoms with Gasteiger partial charge in [0.2, 0.25) is 0 Å². The topological polar surface area (TPSA) is 106 Å². The van der Waals surface area contributed by atoms with Crippen molar-refractivity contribution in [3.05, 3.63) is 52.1 Å². The number of halogens is 2. The Morgan fingerprint density at radius 3 is 2.33 bits per heavy atom. The van der Waals surface area contributed by atoms with Gasteiger partial charge in [0.15, 0.2) is 0 Å². The first-order valence-corrected chi connectivity index (χ1v) is 11.0. The highest BCUT2D eigenvalue weighted by atomic mass is 19.1. The first kappa shape index (κ1) is 24.6. The van der Waals surface area contributed by atoms with Crippen LogP contribution in [0.4, 0.5) is 14.5 Å². The minimum atomic E-state index is -0.898. The van der Waals surface area contributed by atoms with Crippen LogP contribution in [0.2, 0.25) is 0 Å². The highest BCUT2D eigenvalue weighted by molar-refractivity contribution is 6.47. The van der Waals surface area contributed by atoms with Crippen LogP contribution in [-0.2, 0) is 11.3 Å². The molecule has 1 aliphatic rings. The minimum absolute atomic E-state index is 0.0800. The summed E-state index contributed by atoms with van der Waals surface area (Å²) in [4.78, 5) is 40.4. The summed E-state index contributed by atoms with van der Waals surface area (Å²) in [5.41, 5.74) is 6.70. The zero-order valence-corrected chi connectivity index (χ0v) is 19.0. The molecular weight excluding hydrogens is 432 g/mol. The molecule has 1 saturated carbocycles. The lowest BCUT2D eigenvalue weighted by molar-refractivity contribution is -0.115. The third kappa shape index (κ3) is 4.68. The molecule has 0 spiro atoms. The van der Waals surface area contributed by atoms with Crippen molar-refractivity contribution in [2.45, 2.75) is 65.1 Å². The second kappa shape index (κ2) is 9.82. The lowest BCUT2D eigenvalue weighted by atomic mass is 9.91. The normalized spacial score (nSPS) is 18.2. The van der Waals surface area contributed by atoms with E-state index in [1.54, 1.807) is 13.8 Å². The number of ketones is 1. The van der Waals surface area contributed by atoms with Gasteiger partial charge < -0.3 is 20.3 Å². The van der Waals surface area contributed by atoms with E-state index in [1.165, 1.54) is 34.6 Å². The molecule has 1 aromatic heterocycles. The maximum Gasteiger partial charge on any atom is 0.301 e. The number of carbonyl (C=O) groups excluding carboxylic acids is 3. The number of aromatic nitrogens is 1. The van der Waals surface area contributed by atoms with E-state index >= 15 is 0 Å². The number of aliphatic hydroxyl groups is 1. The van der Waals surface area contributed by atoms with E-state index in [0.717, 1.165) is 0 Å². The molecule has 0 radical (unpaired) electrons. The number of aryl methyl sites for hydroxylation is 1. The largest absolute Gasteiger partial charge is 0.393 e. The fourth-order valence-electron chi connectivity index (χ4n) is 4.71. The van der Waals surface area contributed by atoms with Gasteiger partial charge in [-0.3, -0.25) is 14.4 Å². The van der Waals surface area contributed by atoms with E-state index in [4.69, 9.17) is 5.73 Å². The number of hydrogen-bond acceptors (Lipinski definition) is 4. The van der Waals surface area contributed by atoms with Crippen LogP contribution in [-0.4, -0.2) is 46.1 Å². The molecule has 0 unspecified atom stereocenters. The van der Waals surface area contributed by atoms with Crippen molar-refractivity contribution in [1.82, 2.24) is 4.57 Å². The Morgan fingerprint density at radius 2 is 1.79 bits per heavy atom. The minimum Gasteiger partial charge on any atom is -0.393 e. The second-order valence-electron chi connectivity index (χ2n) is 8.54.